The number of halogens is 2. The Labute approximate surface area is 173 Å². The fourth-order valence-electron chi connectivity index (χ4n) is 3.19. The second kappa shape index (κ2) is 8.64. The Hall–Kier alpha value is -2.89. The molecule has 148 valence electrons. The zero-order valence-corrected chi connectivity index (χ0v) is 16.4. The summed E-state index contributed by atoms with van der Waals surface area (Å²) in [5.74, 6) is 0.513. The largest absolute Gasteiger partial charge is 0.457 e. The number of carbonyl (C=O) groups is 1. The van der Waals surface area contributed by atoms with Crippen LogP contribution < -0.4 is 4.90 Å². The number of ether oxygens (including phenoxy) is 1. The molecule has 29 heavy (non-hydrogen) atoms. The van der Waals surface area contributed by atoms with E-state index in [2.05, 4.69) is 0 Å². The van der Waals surface area contributed by atoms with E-state index in [-0.39, 0.29) is 5.78 Å². The van der Waals surface area contributed by atoms with Crippen LogP contribution in [0.1, 0.15) is 16.1 Å². The molecule has 0 unspecified atom stereocenters. The first-order valence-corrected chi connectivity index (χ1v) is 9.68. The number of rotatable bonds is 5. The third-order valence-corrected chi connectivity index (χ3v) is 4.99. The molecule has 0 amide bonds. The van der Waals surface area contributed by atoms with Crippen molar-refractivity contribution >= 4 is 29.1 Å². The highest BCUT2D eigenvalue weighted by molar-refractivity contribution is 6.30. The Bertz CT molecular complexity index is 1040. The molecule has 2 heterocycles. The van der Waals surface area contributed by atoms with Gasteiger partial charge in [0.05, 0.1) is 18.9 Å². The van der Waals surface area contributed by atoms with E-state index in [1.54, 1.807) is 36.4 Å². The number of hydrogen-bond donors (Lipinski definition) is 0. The van der Waals surface area contributed by atoms with Gasteiger partial charge in [-0.3, -0.25) is 4.79 Å². The molecule has 1 aliphatic rings. The molecule has 6 heteroatoms. The number of morpholine rings is 1. The van der Waals surface area contributed by atoms with Crippen molar-refractivity contribution in [2.45, 2.75) is 0 Å². The second-order valence-electron chi connectivity index (χ2n) is 6.67. The van der Waals surface area contributed by atoms with Crippen LogP contribution in [-0.2, 0) is 4.74 Å². The first kappa shape index (κ1) is 19.4. The van der Waals surface area contributed by atoms with E-state index >= 15 is 0 Å². The van der Waals surface area contributed by atoms with Crippen molar-refractivity contribution in [2.24, 2.45) is 0 Å². The third kappa shape index (κ3) is 4.58. The lowest BCUT2D eigenvalue weighted by Gasteiger charge is -2.29. The van der Waals surface area contributed by atoms with Crippen molar-refractivity contribution in [1.82, 2.24) is 0 Å². The van der Waals surface area contributed by atoms with Crippen LogP contribution in [0.5, 0.6) is 0 Å². The summed E-state index contributed by atoms with van der Waals surface area (Å²) in [6, 6.07) is 15.5. The molecule has 0 radical (unpaired) electrons. The number of carbonyl (C=O) groups excluding carboxylic acids is 1. The minimum atomic E-state index is -0.408. The van der Waals surface area contributed by atoms with Gasteiger partial charge >= 0.3 is 0 Å². The summed E-state index contributed by atoms with van der Waals surface area (Å²) in [7, 11) is 0. The number of furan rings is 1. The Balaban J connectivity index is 1.45. The zero-order valence-electron chi connectivity index (χ0n) is 15.6. The molecule has 2 aromatic carbocycles. The summed E-state index contributed by atoms with van der Waals surface area (Å²) in [5.41, 5.74) is 1.67. The Morgan fingerprint density at radius 3 is 2.52 bits per heavy atom. The number of benzene rings is 2. The first-order chi connectivity index (χ1) is 14.1. The molecule has 1 fully saturated rings. The highest BCUT2D eigenvalue weighted by Crippen LogP contribution is 2.25. The fraction of sp³-hybridized carbons (Fsp3) is 0.174. The summed E-state index contributed by atoms with van der Waals surface area (Å²) in [6.07, 6.45) is 2.96. The van der Waals surface area contributed by atoms with Gasteiger partial charge in [-0.2, -0.15) is 0 Å². The summed E-state index contributed by atoms with van der Waals surface area (Å²) < 4.78 is 25.5. The number of anilines is 1. The third-order valence-electron chi connectivity index (χ3n) is 4.74. The lowest BCUT2D eigenvalue weighted by Crippen LogP contribution is -2.36. The lowest BCUT2D eigenvalue weighted by atomic mass is 10.1. The molecule has 0 atom stereocenters. The minimum absolute atomic E-state index is 0.290. The van der Waals surface area contributed by atoms with Crippen molar-refractivity contribution in [1.29, 1.82) is 0 Å². The molecule has 0 spiro atoms. The van der Waals surface area contributed by atoms with Gasteiger partial charge in [0.25, 0.3) is 0 Å². The summed E-state index contributed by atoms with van der Waals surface area (Å²) in [5, 5.41) is 0.651. The van der Waals surface area contributed by atoms with E-state index in [0.29, 0.717) is 54.1 Å². The molecule has 4 rings (SSSR count). The molecule has 0 N–H and O–H groups in total. The quantitative estimate of drug-likeness (QED) is 0.412. The number of allylic oxidation sites excluding steroid dienone is 1. The van der Waals surface area contributed by atoms with Crippen molar-refractivity contribution in [3.8, 4) is 11.3 Å². The van der Waals surface area contributed by atoms with E-state index in [0.717, 1.165) is 5.56 Å². The number of ketones is 1. The van der Waals surface area contributed by atoms with Gasteiger partial charge in [0.2, 0.25) is 0 Å². The van der Waals surface area contributed by atoms with Crippen molar-refractivity contribution in [3.05, 3.63) is 82.8 Å². The van der Waals surface area contributed by atoms with Crippen LogP contribution in [0.25, 0.3) is 17.4 Å². The second-order valence-corrected chi connectivity index (χ2v) is 7.11. The van der Waals surface area contributed by atoms with E-state index in [1.165, 1.54) is 12.1 Å². The highest BCUT2D eigenvalue weighted by Gasteiger charge is 2.16. The van der Waals surface area contributed by atoms with Gasteiger partial charge in [0, 0.05) is 29.2 Å². The highest BCUT2D eigenvalue weighted by atomic mass is 35.5. The number of hydrogen-bond acceptors (Lipinski definition) is 4. The van der Waals surface area contributed by atoms with Gasteiger partial charge in [0.15, 0.2) is 5.78 Å². The van der Waals surface area contributed by atoms with Gasteiger partial charge in [-0.25, -0.2) is 4.39 Å². The Morgan fingerprint density at radius 2 is 1.79 bits per heavy atom. The average molecular weight is 412 g/mol. The predicted molar refractivity (Wildman–Crippen MR) is 112 cm³/mol. The first-order valence-electron chi connectivity index (χ1n) is 9.30. The van der Waals surface area contributed by atoms with E-state index < -0.39 is 5.82 Å². The normalized spacial score (nSPS) is 14.5. The van der Waals surface area contributed by atoms with Crippen LogP contribution in [0.3, 0.4) is 0 Å². The average Bonchev–Trinajstić information content (AvgIpc) is 3.22. The van der Waals surface area contributed by atoms with Crippen LogP contribution in [0.2, 0.25) is 5.02 Å². The van der Waals surface area contributed by atoms with E-state index in [4.69, 9.17) is 20.8 Å². The smallest absolute Gasteiger partial charge is 0.186 e. The van der Waals surface area contributed by atoms with Crippen molar-refractivity contribution in [2.75, 3.05) is 31.2 Å². The topological polar surface area (TPSA) is 42.7 Å². The van der Waals surface area contributed by atoms with Gasteiger partial charge in [-0.15, -0.1) is 0 Å². The van der Waals surface area contributed by atoms with E-state index in [1.807, 2.05) is 23.1 Å². The standard InChI is InChI=1S/C23H19ClFNO3/c24-18-4-1-16(2-5-18)23-10-7-19(29-23)6-9-22(27)17-3-8-21(20(25)15-17)26-11-13-28-14-12-26/h1-10,15H,11-14H2/b9-6+. The van der Waals surface area contributed by atoms with Gasteiger partial charge in [-0.1, -0.05) is 11.6 Å². The van der Waals surface area contributed by atoms with Crippen LogP contribution in [0.4, 0.5) is 10.1 Å². The molecule has 1 aromatic heterocycles. The SMILES string of the molecule is O=C(/C=C/c1ccc(-c2ccc(Cl)cc2)o1)c1ccc(N2CCOCC2)c(F)c1. The Kier molecular flexibility index (Phi) is 5.79. The summed E-state index contributed by atoms with van der Waals surface area (Å²) in [6.45, 7) is 2.42. The number of nitrogens with zero attached hydrogens (tertiary/aromatic N) is 1. The van der Waals surface area contributed by atoms with Crippen LogP contribution in [0, 0.1) is 5.82 Å². The van der Waals surface area contributed by atoms with Crippen LogP contribution >= 0.6 is 11.6 Å². The van der Waals surface area contributed by atoms with Gasteiger partial charge in [-0.05, 0) is 66.7 Å². The maximum Gasteiger partial charge on any atom is 0.186 e. The maximum atomic E-state index is 14.5. The van der Waals surface area contributed by atoms with Crippen LogP contribution in [0.15, 0.2) is 65.1 Å². The molecular formula is C23H19ClFNO3. The molecule has 0 bridgehead atoms. The molecular weight excluding hydrogens is 393 g/mol. The van der Waals surface area contributed by atoms with Gasteiger partial charge < -0.3 is 14.1 Å². The molecule has 0 aliphatic carbocycles. The molecule has 3 aromatic rings. The fourth-order valence-corrected chi connectivity index (χ4v) is 3.31. The lowest BCUT2D eigenvalue weighted by molar-refractivity contribution is 0.104. The van der Waals surface area contributed by atoms with Crippen molar-refractivity contribution in [3.63, 3.8) is 0 Å². The monoisotopic (exact) mass is 411 g/mol. The molecule has 0 saturated carbocycles. The predicted octanol–water partition coefficient (Wildman–Crippen LogP) is 5.47. The molecule has 1 aliphatic heterocycles. The summed E-state index contributed by atoms with van der Waals surface area (Å²) in [4.78, 5) is 14.3. The van der Waals surface area contributed by atoms with Gasteiger partial charge in [0.1, 0.15) is 17.3 Å². The molecule has 1 saturated heterocycles. The minimum Gasteiger partial charge on any atom is -0.457 e. The Morgan fingerprint density at radius 1 is 1.03 bits per heavy atom. The van der Waals surface area contributed by atoms with E-state index in [9.17, 15) is 9.18 Å². The maximum absolute atomic E-state index is 14.5. The molecule has 4 nitrogen and oxygen atoms in total. The van der Waals surface area contributed by atoms with Crippen molar-refractivity contribution < 1.29 is 18.3 Å². The zero-order chi connectivity index (χ0) is 20.2. The summed E-state index contributed by atoms with van der Waals surface area (Å²) >= 11 is 5.90. The van der Waals surface area contributed by atoms with Crippen LogP contribution in [-0.4, -0.2) is 32.1 Å².